The number of rotatable bonds is 6. The molecule has 134 valence electrons. The topological polar surface area (TPSA) is 75.4 Å². The first-order valence-electron chi connectivity index (χ1n) is 7.17. The lowest BCUT2D eigenvalue weighted by Crippen LogP contribution is -2.35. The van der Waals surface area contributed by atoms with E-state index >= 15 is 0 Å². The van der Waals surface area contributed by atoms with Gasteiger partial charge >= 0.3 is 6.18 Å². The third-order valence-electron chi connectivity index (χ3n) is 3.18. The smallest absolute Gasteiger partial charge is 0.336 e. The number of nitrogens with one attached hydrogen (secondary N) is 1. The molecule has 0 saturated carbocycles. The molecule has 0 fully saturated rings. The quantitative estimate of drug-likeness (QED) is 0.814. The number of nitrogens with zero attached hydrogens (tertiary/aromatic N) is 1. The Labute approximate surface area is 142 Å². The predicted octanol–water partition coefficient (Wildman–Crippen LogP) is 2.88. The summed E-state index contributed by atoms with van der Waals surface area (Å²) in [6.07, 6.45) is -3.94. The van der Waals surface area contributed by atoms with Gasteiger partial charge in [0.1, 0.15) is 0 Å². The van der Waals surface area contributed by atoms with Gasteiger partial charge in [0.05, 0.1) is 17.1 Å². The third-order valence-corrected chi connectivity index (χ3v) is 3.51. The average Bonchev–Trinajstić information content (AvgIpc) is 2.45. The van der Waals surface area contributed by atoms with Crippen molar-refractivity contribution in [2.24, 2.45) is 5.73 Å². The van der Waals surface area contributed by atoms with Gasteiger partial charge in [-0.2, -0.15) is 13.2 Å². The van der Waals surface area contributed by atoms with Crippen LogP contribution in [0.25, 0.3) is 0 Å². The van der Waals surface area contributed by atoms with Crippen molar-refractivity contribution in [2.45, 2.75) is 32.0 Å². The molecule has 0 aliphatic heterocycles. The fourth-order valence-corrected chi connectivity index (χ4v) is 2.09. The summed E-state index contributed by atoms with van der Waals surface area (Å²) in [6, 6.07) is 2.93. The maximum absolute atomic E-state index is 12.8. The van der Waals surface area contributed by atoms with Crippen LogP contribution in [-0.2, 0) is 15.8 Å². The van der Waals surface area contributed by atoms with E-state index in [0.29, 0.717) is 6.42 Å². The lowest BCUT2D eigenvalue weighted by atomic mass is 10.2. The minimum atomic E-state index is -4.62. The molecule has 0 heterocycles. The van der Waals surface area contributed by atoms with Gasteiger partial charge in [0.25, 0.3) is 0 Å². The van der Waals surface area contributed by atoms with Crippen LogP contribution in [0.5, 0.6) is 0 Å². The fraction of sp³-hybridized carbons (Fsp3) is 0.467. The molecule has 0 aliphatic rings. The molecule has 0 radical (unpaired) electrons. The Morgan fingerprint density at radius 1 is 1.38 bits per heavy atom. The lowest BCUT2D eigenvalue weighted by Gasteiger charge is -2.18. The molecule has 3 N–H and O–H groups in total. The van der Waals surface area contributed by atoms with Crippen molar-refractivity contribution >= 4 is 29.1 Å². The van der Waals surface area contributed by atoms with Crippen LogP contribution in [0.4, 0.5) is 18.9 Å². The number of hydrogen-bond donors (Lipinski definition) is 2. The van der Waals surface area contributed by atoms with Crippen molar-refractivity contribution in [2.75, 3.05) is 18.9 Å². The molecule has 1 atom stereocenters. The molecule has 0 aromatic heterocycles. The zero-order valence-corrected chi connectivity index (χ0v) is 14.0. The molecule has 0 saturated heterocycles. The van der Waals surface area contributed by atoms with Crippen LogP contribution in [0.3, 0.4) is 0 Å². The van der Waals surface area contributed by atoms with Crippen molar-refractivity contribution in [1.82, 2.24) is 4.90 Å². The number of nitrogens with two attached hydrogens (primary N) is 1. The summed E-state index contributed by atoms with van der Waals surface area (Å²) < 4.78 is 38.3. The number of halogens is 4. The molecule has 1 unspecified atom stereocenters. The second kappa shape index (κ2) is 8.34. The van der Waals surface area contributed by atoms with E-state index in [2.05, 4.69) is 5.32 Å². The Bertz CT molecular complexity index is 606. The first-order chi connectivity index (χ1) is 11.0. The van der Waals surface area contributed by atoms with Crippen LogP contribution in [0.15, 0.2) is 18.2 Å². The Hall–Kier alpha value is -1.80. The number of anilines is 1. The molecule has 0 aliphatic carbocycles. The van der Waals surface area contributed by atoms with Crippen LogP contribution < -0.4 is 11.1 Å². The van der Waals surface area contributed by atoms with Crippen LogP contribution in [0, 0.1) is 0 Å². The summed E-state index contributed by atoms with van der Waals surface area (Å²) in [6.45, 7) is 1.49. The molecule has 0 spiro atoms. The highest BCUT2D eigenvalue weighted by molar-refractivity contribution is 6.31. The maximum Gasteiger partial charge on any atom is 0.417 e. The van der Waals surface area contributed by atoms with E-state index in [0.717, 1.165) is 12.1 Å². The Morgan fingerprint density at radius 2 is 2.00 bits per heavy atom. The molecular weight excluding hydrogens is 347 g/mol. The van der Waals surface area contributed by atoms with Gasteiger partial charge in [0.2, 0.25) is 11.8 Å². The number of alkyl halides is 3. The van der Waals surface area contributed by atoms with Crippen LogP contribution >= 0.6 is 11.6 Å². The van der Waals surface area contributed by atoms with Gasteiger partial charge in [0.15, 0.2) is 0 Å². The van der Waals surface area contributed by atoms with Crippen molar-refractivity contribution in [3.63, 3.8) is 0 Å². The molecule has 24 heavy (non-hydrogen) atoms. The number of carbonyl (C=O) groups is 2. The van der Waals surface area contributed by atoms with E-state index in [1.165, 1.54) is 18.0 Å². The van der Waals surface area contributed by atoms with E-state index in [1.54, 1.807) is 6.92 Å². The van der Waals surface area contributed by atoms with Gasteiger partial charge in [-0.3, -0.25) is 9.59 Å². The van der Waals surface area contributed by atoms with Gasteiger partial charge < -0.3 is 16.0 Å². The van der Waals surface area contributed by atoms with E-state index in [-0.39, 0.29) is 30.6 Å². The normalized spacial score (nSPS) is 12.6. The van der Waals surface area contributed by atoms with Gasteiger partial charge in [-0.05, 0) is 31.5 Å². The Kier molecular flexibility index (Phi) is 7.04. The van der Waals surface area contributed by atoms with E-state index in [4.69, 9.17) is 17.3 Å². The average molecular weight is 366 g/mol. The maximum atomic E-state index is 12.8. The first kappa shape index (κ1) is 20.2. The van der Waals surface area contributed by atoms with Gasteiger partial charge in [-0.15, -0.1) is 0 Å². The largest absolute Gasteiger partial charge is 0.417 e. The Morgan fingerprint density at radius 3 is 2.54 bits per heavy atom. The molecule has 5 nitrogen and oxygen atoms in total. The zero-order chi connectivity index (χ0) is 18.5. The summed E-state index contributed by atoms with van der Waals surface area (Å²) in [5, 5.41) is 1.86. The highest BCUT2D eigenvalue weighted by Gasteiger charge is 2.33. The molecule has 1 aromatic carbocycles. The zero-order valence-electron chi connectivity index (χ0n) is 13.3. The molecular formula is C15H19ClF3N3O2. The minimum Gasteiger partial charge on any atom is -0.336 e. The van der Waals surface area contributed by atoms with E-state index in [9.17, 15) is 22.8 Å². The molecule has 1 rings (SSSR count). The highest BCUT2D eigenvalue weighted by atomic mass is 35.5. The predicted molar refractivity (Wildman–Crippen MR) is 85.6 cm³/mol. The third kappa shape index (κ3) is 6.37. The van der Waals surface area contributed by atoms with Crippen molar-refractivity contribution in [3.8, 4) is 0 Å². The molecule has 0 bridgehead atoms. The monoisotopic (exact) mass is 365 g/mol. The van der Waals surface area contributed by atoms with Crippen molar-refractivity contribution in [1.29, 1.82) is 0 Å². The van der Waals surface area contributed by atoms with Crippen molar-refractivity contribution < 1.29 is 22.8 Å². The molecule has 1 aromatic rings. The highest BCUT2D eigenvalue weighted by Crippen LogP contribution is 2.36. The number of carbonyl (C=O) groups excluding carboxylic acids is 2. The van der Waals surface area contributed by atoms with Crippen LogP contribution in [0.2, 0.25) is 5.02 Å². The summed E-state index contributed by atoms with van der Waals surface area (Å²) in [5.41, 5.74) is 4.47. The number of benzene rings is 1. The second-order valence-electron chi connectivity index (χ2n) is 5.51. The summed E-state index contributed by atoms with van der Waals surface area (Å²) in [7, 11) is 1.44. The second-order valence-corrected chi connectivity index (χ2v) is 5.91. The van der Waals surface area contributed by atoms with Crippen LogP contribution in [0.1, 0.15) is 25.3 Å². The van der Waals surface area contributed by atoms with Crippen molar-refractivity contribution in [3.05, 3.63) is 28.8 Å². The SMILES string of the molecule is CC(N)CCC(=O)N(C)CC(=O)Nc1ccc(Cl)c(C(F)(F)F)c1. The summed E-state index contributed by atoms with van der Waals surface area (Å²) in [4.78, 5) is 24.8. The van der Waals surface area contributed by atoms with Crippen LogP contribution in [-0.4, -0.2) is 36.3 Å². The lowest BCUT2D eigenvalue weighted by molar-refractivity contribution is -0.137. The number of likely N-dealkylation sites (N-methyl/N-ethyl adjacent to an activating group) is 1. The van der Waals surface area contributed by atoms with E-state index < -0.39 is 22.7 Å². The summed E-state index contributed by atoms with van der Waals surface area (Å²) in [5.74, 6) is -0.878. The van der Waals surface area contributed by atoms with E-state index in [1.807, 2.05) is 0 Å². The number of hydrogen-bond acceptors (Lipinski definition) is 3. The molecule has 9 heteroatoms. The molecule has 2 amide bonds. The van der Waals surface area contributed by atoms with Gasteiger partial charge in [-0.1, -0.05) is 11.6 Å². The number of amides is 2. The van der Waals surface area contributed by atoms with Gasteiger partial charge in [-0.25, -0.2) is 0 Å². The first-order valence-corrected chi connectivity index (χ1v) is 7.54. The minimum absolute atomic E-state index is 0.0480. The van der Waals surface area contributed by atoms with Gasteiger partial charge in [0, 0.05) is 25.2 Å². The Balaban J connectivity index is 2.67. The summed E-state index contributed by atoms with van der Waals surface area (Å²) >= 11 is 5.51. The standard InChI is InChI=1S/C15H19ClF3N3O2/c1-9(20)3-6-14(24)22(2)8-13(23)21-10-4-5-12(16)11(7-10)15(17,18)19/h4-5,7,9H,3,6,8,20H2,1-2H3,(H,21,23). The fourth-order valence-electron chi connectivity index (χ4n) is 1.87.